The van der Waals surface area contributed by atoms with E-state index >= 15 is 0 Å². The van der Waals surface area contributed by atoms with Crippen molar-refractivity contribution in [3.8, 4) is 0 Å². The monoisotopic (exact) mass is 228 g/mol. The smallest absolute Gasteiger partial charge is 0.0217 e. The van der Waals surface area contributed by atoms with E-state index in [1.54, 1.807) is 0 Å². The molecule has 0 amide bonds. The third-order valence-electron chi connectivity index (χ3n) is 3.78. The zero-order valence-corrected chi connectivity index (χ0v) is 10.7. The predicted molar refractivity (Wildman–Crippen MR) is 68.6 cm³/mol. The summed E-state index contributed by atoms with van der Waals surface area (Å²) in [5, 5.41) is 3.77. The highest BCUT2D eigenvalue weighted by Gasteiger charge is 2.20. The van der Waals surface area contributed by atoms with E-state index in [-0.39, 0.29) is 0 Å². The Labute approximate surface area is 98.2 Å². The van der Waals surface area contributed by atoms with E-state index in [9.17, 15) is 0 Å². The van der Waals surface area contributed by atoms with Crippen LogP contribution in [0.4, 0.5) is 0 Å². The molecule has 1 unspecified atom stereocenters. The van der Waals surface area contributed by atoms with Gasteiger partial charge in [0.05, 0.1) is 0 Å². The minimum atomic E-state index is 0.799. The number of hydrogen-bond acceptors (Lipinski definition) is 3. The summed E-state index contributed by atoms with van der Waals surface area (Å²) in [7, 11) is 2.28. The summed E-state index contributed by atoms with van der Waals surface area (Å²) in [5.41, 5.74) is 0. The highest BCUT2D eigenvalue weighted by molar-refractivity contribution is 7.99. The maximum atomic E-state index is 3.77. The van der Waals surface area contributed by atoms with Crippen LogP contribution in [0.3, 0.4) is 0 Å². The summed E-state index contributed by atoms with van der Waals surface area (Å²) in [6.07, 6.45) is 6.97. The molecule has 15 heavy (non-hydrogen) atoms. The van der Waals surface area contributed by atoms with Crippen LogP contribution in [0, 0.1) is 0 Å². The Morgan fingerprint density at radius 3 is 2.73 bits per heavy atom. The number of hydrogen-bond donors (Lipinski definition) is 1. The SMILES string of the molecule is CN1CCCCC1CNC1CCSCC1. The Hall–Kier alpha value is 0.270. The molecule has 0 aromatic rings. The van der Waals surface area contributed by atoms with Crippen molar-refractivity contribution in [2.45, 2.75) is 44.2 Å². The van der Waals surface area contributed by atoms with Crippen molar-refractivity contribution in [1.82, 2.24) is 10.2 Å². The van der Waals surface area contributed by atoms with Crippen molar-refractivity contribution < 1.29 is 0 Å². The Morgan fingerprint density at radius 2 is 2.00 bits per heavy atom. The van der Waals surface area contributed by atoms with E-state index in [0.29, 0.717) is 0 Å². The van der Waals surface area contributed by atoms with Crippen molar-refractivity contribution in [2.24, 2.45) is 0 Å². The number of nitrogens with one attached hydrogen (secondary N) is 1. The van der Waals surface area contributed by atoms with Gasteiger partial charge in [-0.15, -0.1) is 0 Å². The average Bonchev–Trinajstić information content (AvgIpc) is 2.29. The number of nitrogens with zero attached hydrogens (tertiary/aromatic N) is 1. The first-order valence-corrected chi connectivity index (χ1v) is 7.53. The lowest BCUT2D eigenvalue weighted by atomic mass is 10.0. The van der Waals surface area contributed by atoms with E-state index in [1.807, 2.05) is 0 Å². The van der Waals surface area contributed by atoms with Gasteiger partial charge in [0.25, 0.3) is 0 Å². The normalized spacial score (nSPS) is 30.6. The maximum absolute atomic E-state index is 3.77. The number of likely N-dealkylation sites (N-methyl/N-ethyl adjacent to an activating group) is 1. The van der Waals surface area contributed by atoms with Crippen molar-refractivity contribution in [1.29, 1.82) is 0 Å². The average molecular weight is 228 g/mol. The lowest BCUT2D eigenvalue weighted by molar-refractivity contribution is 0.177. The molecule has 2 aliphatic rings. The van der Waals surface area contributed by atoms with Gasteiger partial charge >= 0.3 is 0 Å². The van der Waals surface area contributed by atoms with Crippen molar-refractivity contribution >= 4 is 11.8 Å². The molecule has 2 nitrogen and oxygen atoms in total. The molecular weight excluding hydrogens is 204 g/mol. The molecule has 0 aliphatic carbocycles. The van der Waals surface area contributed by atoms with Crippen LogP contribution < -0.4 is 5.32 Å². The van der Waals surface area contributed by atoms with Crippen LogP contribution in [0.2, 0.25) is 0 Å². The Bertz CT molecular complexity index is 180. The predicted octanol–water partition coefficient (Wildman–Crippen LogP) is 1.96. The molecule has 1 atom stereocenters. The summed E-state index contributed by atoms with van der Waals surface area (Å²) < 4.78 is 0. The van der Waals surface area contributed by atoms with Crippen LogP contribution in [-0.2, 0) is 0 Å². The maximum Gasteiger partial charge on any atom is 0.0217 e. The highest BCUT2D eigenvalue weighted by atomic mass is 32.2. The van der Waals surface area contributed by atoms with Gasteiger partial charge in [-0.1, -0.05) is 6.42 Å². The summed E-state index contributed by atoms with van der Waals surface area (Å²) in [5.74, 6) is 2.72. The molecule has 0 radical (unpaired) electrons. The van der Waals surface area contributed by atoms with E-state index in [1.165, 1.54) is 56.7 Å². The number of piperidine rings is 1. The third kappa shape index (κ3) is 3.65. The van der Waals surface area contributed by atoms with Gasteiger partial charge < -0.3 is 10.2 Å². The molecule has 1 N–H and O–H groups in total. The highest BCUT2D eigenvalue weighted by Crippen LogP contribution is 2.18. The van der Waals surface area contributed by atoms with E-state index in [4.69, 9.17) is 0 Å². The van der Waals surface area contributed by atoms with Crippen LogP contribution in [0.15, 0.2) is 0 Å². The molecule has 0 spiro atoms. The summed E-state index contributed by atoms with van der Waals surface area (Å²) in [6, 6.07) is 1.61. The van der Waals surface area contributed by atoms with Crippen LogP contribution >= 0.6 is 11.8 Å². The summed E-state index contributed by atoms with van der Waals surface area (Å²) >= 11 is 2.11. The van der Waals surface area contributed by atoms with Gasteiger partial charge in [-0.2, -0.15) is 11.8 Å². The number of likely N-dealkylation sites (tertiary alicyclic amines) is 1. The summed E-state index contributed by atoms with van der Waals surface area (Å²) in [4.78, 5) is 2.54. The third-order valence-corrected chi connectivity index (χ3v) is 4.83. The fourth-order valence-electron chi connectivity index (χ4n) is 2.61. The van der Waals surface area contributed by atoms with Crippen LogP contribution in [-0.4, -0.2) is 48.6 Å². The van der Waals surface area contributed by atoms with Crippen molar-refractivity contribution in [2.75, 3.05) is 31.6 Å². The lowest BCUT2D eigenvalue weighted by Gasteiger charge is -2.34. The first-order chi connectivity index (χ1) is 7.36. The van der Waals surface area contributed by atoms with Crippen LogP contribution in [0.1, 0.15) is 32.1 Å². The van der Waals surface area contributed by atoms with Gasteiger partial charge in [0.15, 0.2) is 0 Å². The van der Waals surface area contributed by atoms with Gasteiger partial charge in [-0.25, -0.2) is 0 Å². The second-order valence-corrected chi connectivity index (χ2v) is 6.15. The van der Waals surface area contributed by atoms with Gasteiger partial charge in [0.2, 0.25) is 0 Å². The Morgan fingerprint density at radius 1 is 1.20 bits per heavy atom. The molecule has 3 heteroatoms. The molecule has 2 heterocycles. The molecule has 0 saturated carbocycles. The van der Waals surface area contributed by atoms with Gasteiger partial charge in [0, 0.05) is 18.6 Å². The zero-order valence-electron chi connectivity index (χ0n) is 9.87. The number of thioether (sulfide) groups is 1. The summed E-state index contributed by atoms with van der Waals surface area (Å²) in [6.45, 7) is 2.51. The molecule has 0 aromatic heterocycles. The first kappa shape index (κ1) is 11.7. The van der Waals surface area contributed by atoms with E-state index < -0.39 is 0 Å². The minimum Gasteiger partial charge on any atom is -0.312 e. The molecule has 2 rings (SSSR count). The van der Waals surface area contributed by atoms with Gasteiger partial charge in [0.1, 0.15) is 0 Å². The van der Waals surface area contributed by atoms with Crippen molar-refractivity contribution in [3.05, 3.63) is 0 Å². The second-order valence-electron chi connectivity index (χ2n) is 4.93. The Balaban J connectivity index is 1.67. The molecule has 2 saturated heterocycles. The molecule has 0 aromatic carbocycles. The van der Waals surface area contributed by atoms with Gasteiger partial charge in [-0.3, -0.25) is 0 Å². The largest absolute Gasteiger partial charge is 0.312 e. The second kappa shape index (κ2) is 6.12. The first-order valence-electron chi connectivity index (χ1n) is 6.37. The fraction of sp³-hybridized carbons (Fsp3) is 1.00. The molecular formula is C12H24N2S. The van der Waals surface area contributed by atoms with Crippen LogP contribution in [0.25, 0.3) is 0 Å². The van der Waals surface area contributed by atoms with E-state index in [2.05, 4.69) is 29.0 Å². The topological polar surface area (TPSA) is 15.3 Å². The quantitative estimate of drug-likeness (QED) is 0.795. The zero-order chi connectivity index (χ0) is 10.5. The standard InChI is InChI=1S/C12H24N2S/c1-14-7-3-2-4-12(14)10-13-11-5-8-15-9-6-11/h11-13H,2-10H2,1H3. The molecule has 0 bridgehead atoms. The molecule has 2 aliphatic heterocycles. The van der Waals surface area contributed by atoms with Crippen molar-refractivity contribution in [3.63, 3.8) is 0 Å². The molecule has 2 fully saturated rings. The fourth-order valence-corrected chi connectivity index (χ4v) is 3.71. The lowest BCUT2D eigenvalue weighted by Crippen LogP contribution is -2.46. The Kier molecular flexibility index (Phi) is 4.79. The number of rotatable bonds is 3. The minimum absolute atomic E-state index is 0.799. The van der Waals surface area contributed by atoms with Crippen LogP contribution in [0.5, 0.6) is 0 Å². The van der Waals surface area contributed by atoms with E-state index in [0.717, 1.165) is 12.1 Å². The van der Waals surface area contributed by atoms with Gasteiger partial charge in [-0.05, 0) is 50.8 Å². The molecule has 88 valence electrons.